The number of hydrogen-bond donors (Lipinski definition) is 1. The summed E-state index contributed by atoms with van der Waals surface area (Å²) in [5.41, 5.74) is 0.940. The molecule has 0 atom stereocenters. The summed E-state index contributed by atoms with van der Waals surface area (Å²) in [5.74, 6) is 0.853. The zero-order chi connectivity index (χ0) is 10.3. The molecule has 14 heavy (non-hydrogen) atoms. The summed E-state index contributed by atoms with van der Waals surface area (Å²) < 4.78 is 5.42. The van der Waals surface area contributed by atoms with Crippen molar-refractivity contribution >= 4 is 11.6 Å². The van der Waals surface area contributed by atoms with Gasteiger partial charge >= 0.3 is 0 Å². The Hall–Kier alpha value is -0.730. The zero-order valence-electron chi connectivity index (χ0n) is 8.30. The van der Waals surface area contributed by atoms with E-state index < -0.39 is 5.60 Å². The monoisotopic (exact) mass is 212 g/mol. The molecule has 0 unspecified atom stereocenters. The van der Waals surface area contributed by atoms with Crippen LogP contribution in [0.5, 0.6) is 5.75 Å². The molecule has 2 rings (SSSR count). The van der Waals surface area contributed by atoms with Gasteiger partial charge in [0.1, 0.15) is 5.75 Å². The highest BCUT2D eigenvalue weighted by atomic mass is 35.5. The molecule has 0 spiro atoms. The van der Waals surface area contributed by atoms with Crippen molar-refractivity contribution in [3.63, 3.8) is 0 Å². The third kappa shape index (κ3) is 1.49. The Balaban J connectivity index is 2.63. The molecular weight excluding hydrogens is 200 g/mol. The molecule has 1 aromatic carbocycles. The lowest BCUT2D eigenvalue weighted by molar-refractivity contribution is 0.0779. The van der Waals surface area contributed by atoms with E-state index in [1.807, 2.05) is 6.07 Å². The number of hydrogen-bond acceptors (Lipinski definition) is 2. The SMILES string of the molecule is CC(C)(O)c1c(Cl)ccc2c1CCO2. The van der Waals surface area contributed by atoms with Crippen molar-refractivity contribution in [1.29, 1.82) is 0 Å². The van der Waals surface area contributed by atoms with Gasteiger partial charge in [-0.05, 0) is 26.0 Å². The van der Waals surface area contributed by atoms with E-state index in [4.69, 9.17) is 16.3 Å². The van der Waals surface area contributed by atoms with Gasteiger partial charge in [0.05, 0.1) is 12.2 Å². The topological polar surface area (TPSA) is 29.5 Å². The average molecular weight is 213 g/mol. The van der Waals surface area contributed by atoms with E-state index in [1.165, 1.54) is 0 Å². The molecule has 0 aromatic heterocycles. The summed E-state index contributed by atoms with van der Waals surface area (Å²) in [4.78, 5) is 0. The smallest absolute Gasteiger partial charge is 0.123 e. The molecule has 1 aromatic rings. The van der Waals surface area contributed by atoms with E-state index in [1.54, 1.807) is 19.9 Å². The standard InChI is InChI=1S/C11H13ClO2/c1-11(2,13)10-7-5-6-14-9(7)4-3-8(10)12/h3-4,13H,5-6H2,1-2H3. The summed E-state index contributed by atoms with van der Waals surface area (Å²) in [7, 11) is 0. The van der Waals surface area contributed by atoms with Crippen LogP contribution in [0.3, 0.4) is 0 Å². The number of halogens is 1. The average Bonchev–Trinajstić information content (AvgIpc) is 2.48. The molecule has 0 saturated heterocycles. The van der Waals surface area contributed by atoms with E-state index in [9.17, 15) is 5.11 Å². The Bertz CT molecular complexity index is 366. The van der Waals surface area contributed by atoms with Gasteiger partial charge in [0, 0.05) is 22.6 Å². The maximum Gasteiger partial charge on any atom is 0.123 e. The number of rotatable bonds is 1. The fourth-order valence-corrected chi connectivity index (χ4v) is 2.32. The van der Waals surface area contributed by atoms with Crippen LogP contribution in [-0.2, 0) is 12.0 Å². The van der Waals surface area contributed by atoms with Gasteiger partial charge in [-0.1, -0.05) is 11.6 Å². The third-order valence-electron chi connectivity index (χ3n) is 2.44. The second-order valence-electron chi connectivity index (χ2n) is 4.06. The first-order chi connectivity index (χ1) is 6.50. The first-order valence-electron chi connectivity index (χ1n) is 4.67. The molecule has 1 N–H and O–H groups in total. The van der Waals surface area contributed by atoms with Gasteiger partial charge in [-0.25, -0.2) is 0 Å². The predicted octanol–water partition coefficient (Wildman–Crippen LogP) is 2.50. The lowest BCUT2D eigenvalue weighted by Gasteiger charge is -2.22. The van der Waals surface area contributed by atoms with Crippen LogP contribution in [-0.4, -0.2) is 11.7 Å². The third-order valence-corrected chi connectivity index (χ3v) is 2.76. The first kappa shape index (κ1) is 9.81. The minimum absolute atomic E-state index is 0.613. The molecule has 0 radical (unpaired) electrons. The minimum atomic E-state index is -0.907. The molecule has 0 aliphatic carbocycles. The van der Waals surface area contributed by atoms with Crippen LogP contribution in [0, 0.1) is 0 Å². The summed E-state index contributed by atoms with van der Waals surface area (Å²) >= 11 is 6.08. The Morgan fingerprint density at radius 2 is 2.14 bits per heavy atom. The molecule has 0 fully saturated rings. The van der Waals surface area contributed by atoms with Crippen molar-refractivity contribution < 1.29 is 9.84 Å². The van der Waals surface area contributed by atoms with Gasteiger partial charge in [0.25, 0.3) is 0 Å². The zero-order valence-corrected chi connectivity index (χ0v) is 9.06. The molecule has 0 bridgehead atoms. The second-order valence-corrected chi connectivity index (χ2v) is 4.46. The number of ether oxygens (including phenoxy) is 1. The van der Waals surface area contributed by atoms with Crippen molar-refractivity contribution in [2.24, 2.45) is 0 Å². The second kappa shape index (κ2) is 3.14. The fourth-order valence-electron chi connectivity index (χ4n) is 1.91. The van der Waals surface area contributed by atoms with Gasteiger partial charge in [-0.2, -0.15) is 0 Å². The van der Waals surface area contributed by atoms with Crippen molar-refractivity contribution in [3.05, 3.63) is 28.3 Å². The van der Waals surface area contributed by atoms with Crippen LogP contribution >= 0.6 is 11.6 Å². The van der Waals surface area contributed by atoms with E-state index in [0.717, 1.165) is 23.3 Å². The highest BCUT2D eigenvalue weighted by Crippen LogP contribution is 2.38. The van der Waals surface area contributed by atoms with Gasteiger partial charge in [0.15, 0.2) is 0 Å². The molecule has 1 heterocycles. The largest absolute Gasteiger partial charge is 0.493 e. The molecular formula is C11H13ClO2. The van der Waals surface area contributed by atoms with Gasteiger partial charge < -0.3 is 9.84 Å². The molecule has 3 heteroatoms. The van der Waals surface area contributed by atoms with E-state index in [0.29, 0.717) is 11.6 Å². The van der Waals surface area contributed by atoms with Crippen molar-refractivity contribution in [2.45, 2.75) is 25.9 Å². The maximum atomic E-state index is 9.99. The van der Waals surface area contributed by atoms with Crippen molar-refractivity contribution in [1.82, 2.24) is 0 Å². The summed E-state index contributed by atoms with van der Waals surface area (Å²) in [6.07, 6.45) is 0.829. The van der Waals surface area contributed by atoms with Crippen LogP contribution in [0.2, 0.25) is 5.02 Å². The lowest BCUT2D eigenvalue weighted by atomic mass is 9.92. The Morgan fingerprint density at radius 3 is 2.79 bits per heavy atom. The summed E-state index contributed by atoms with van der Waals surface area (Å²) in [6, 6.07) is 3.64. The quantitative estimate of drug-likeness (QED) is 0.775. The molecule has 76 valence electrons. The number of fused-ring (bicyclic) bond motifs is 1. The Kier molecular flexibility index (Phi) is 2.20. The van der Waals surface area contributed by atoms with Crippen LogP contribution < -0.4 is 4.74 Å². The van der Waals surface area contributed by atoms with Crippen LogP contribution in [0.25, 0.3) is 0 Å². The fraction of sp³-hybridized carbons (Fsp3) is 0.455. The lowest BCUT2D eigenvalue weighted by Crippen LogP contribution is -2.18. The highest BCUT2D eigenvalue weighted by Gasteiger charge is 2.27. The first-order valence-corrected chi connectivity index (χ1v) is 5.05. The van der Waals surface area contributed by atoms with Crippen molar-refractivity contribution in [3.8, 4) is 5.75 Å². The number of benzene rings is 1. The predicted molar refractivity (Wildman–Crippen MR) is 55.9 cm³/mol. The normalized spacial score (nSPS) is 15.1. The highest BCUT2D eigenvalue weighted by molar-refractivity contribution is 6.31. The molecule has 1 aliphatic heterocycles. The van der Waals surface area contributed by atoms with E-state index in [2.05, 4.69) is 0 Å². The molecule has 0 amide bonds. The number of aliphatic hydroxyl groups is 1. The van der Waals surface area contributed by atoms with E-state index >= 15 is 0 Å². The van der Waals surface area contributed by atoms with Gasteiger partial charge in [0.2, 0.25) is 0 Å². The Morgan fingerprint density at radius 1 is 1.43 bits per heavy atom. The molecule has 2 nitrogen and oxygen atoms in total. The minimum Gasteiger partial charge on any atom is -0.493 e. The summed E-state index contributed by atoms with van der Waals surface area (Å²) in [6.45, 7) is 4.17. The van der Waals surface area contributed by atoms with Crippen LogP contribution in [0.1, 0.15) is 25.0 Å². The van der Waals surface area contributed by atoms with Gasteiger partial charge in [-0.15, -0.1) is 0 Å². The van der Waals surface area contributed by atoms with Gasteiger partial charge in [-0.3, -0.25) is 0 Å². The van der Waals surface area contributed by atoms with Crippen molar-refractivity contribution in [2.75, 3.05) is 6.61 Å². The summed E-state index contributed by atoms with van der Waals surface area (Å²) in [5, 5.41) is 10.6. The molecule has 1 aliphatic rings. The molecule has 0 saturated carbocycles. The Labute approximate surface area is 88.5 Å². The van der Waals surface area contributed by atoms with E-state index in [-0.39, 0.29) is 0 Å². The van der Waals surface area contributed by atoms with Crippen LogP contribution in [0.4, 0.5) is 0 Å². The maximum absolute atomic E-state index is 9.99. The van der Waals surface area contributed by atoms with Crippen LogP contribution in [0.15, 0.2) is 12.1 Å².